The van der Waals surface area contributed by atoms with Crippen LogP contribution in [-0.4, -0.2) is 18.6 Å². The molecule has 0 aromatic rings. The van der Waals surface area contributed by atoms with E-state index in [1.807, 2.05) is 0 Å². The van der Waals surface area contributed by atoms with Gasteiger partial charge in [-0.15, -0.1) is 0 Å². The zero-order valence-electron chi connectivity index (χ0n) is 11.8. The lowest BCUT2D eigenvalue weighted by atomic mass is 9.66. The van der Waals surface area contributed by atoms with Crippen LogP contribution >= 0.6 is 0 Å². The Morgan fingerprint density at radius 1 is 1.19 bits per heavy atom. The molecule has 0 heterocycles. The number of nitrogens with two attached hydrogens (primary N) is 1. The van der Waals surface area contributed by atoms with E-state index in [4.69, 9.17) is 5.73 Å². The molecule has 1 saturated carbocycles. The fraction of sp³-hybridized carbons (Fsp3) is 1.00. The highest BCUT2D eigenvalue weighted by atomic mass is 14.9. The summed E-state index contributed by atoms with van der Waals surface area (Å²) in [5.74, 6) is 0. The number of hydrogen-bond donors (Lipinski definition) is 2. The van der Waals surface area contributed by atoms with Crippen molar-refractivity contribution in [3.63, 3.8) is 0 Å². The standard InChI is InChI=1S/C14H30N2/c1-6-14(8-7-9-14)11-16-10-12(2,3)13(4,5)15/h16H,6-11,15H2,1-5H3. The molecular weight excluding hydrogens is 196 g/mol. The van der Waals surface area contributed by atoms with Crippen molar-refractivity contribution in [1.82, 2.24) is 5.32 Å². The first-order valence-corrected chi connectivity index (χ1v) is 6.72. The van der Waals surface area contributed by atoms with Crippen molar-refractivity contribution in [2.75, 3.05) is 13.1 Å². The van der Waals surface area contributed by atoms with Gasteiger partial charge in [-0.1, -0.05) is 27.2 Å². The summed E-state index contributed by atoms with van der Waals surface area (Å²) in [4.78, 5) is 0. The smallest absolute Gasteiger partial charge is 0.0161 e. The maximum atomic E-state index is 6.20. The molecule has 0 saturated heterocycles. The van der Waals surface area contributed by atoms with Crippen LogP contribution in [-0.2, 0) is 0 Å². The highest BCUT2D eigenvalue weighted by molar-refractivity contribution is 4.93. The minimum atomic E-state index is -0.126. The van der Waals surface area contributed by atoms with E-state index in [1.54, 1.807) is 0 Å². The van der Waals surface area contributed by atoms with Crippen molar-refractivity contribution < 1.29 is 0 Å². The molecule has 0 aromatic heterocycles. The van der Waals surface area contributed by atoms with Gasteiger partial charge in [0.25, 0.3) is 0 Å². The summed E-state index contributed by atoms with van der Waals surface area (Å²) in [5.41, 5.74) is 6.83. The molecule has 1 rings (SSSR count). The molecule has 0 aromatic carbocycles. The molecule has 16 heavy (non-hydrogen) atoms. The highest BCUT2D eigenvalue weighted by Gasteiger charge is 2.37. The van der Waals surface area contributed by atoms with Gasteiger partial charge < -0.3 is 11.1 Å². The van der Waals surface area contributed by atoms with E-state index in [0.717, 1.165) is 6.54 Å². The van der Waals surface area contributed by atoms with E-state index in [1.165, 1.54) is 32.2 Å². The first kappa shape index (κ1) is 14.0. The van der Waals surface area contributed by atoms with Crippen molar-refractivity contribution in [3.05, 3.63) is 0 Å². The van der Waals surface area contributed by atoms with Gasteiger partial charge in [-0.3, -0.25) is 0 Å². The second-order valence-electron chi connectivity index (χ2n) is 6.92. The van der Waals surface area contributed by atoms with Crippen molar-refractivity contribution in [2.45, 2.75) is 65.8 Å². The van der Waals surface area contributed by atoms with Crippen LogP contribution in [0.15, 0.2) is 0 Å². The van der Waals surface area contributed by atoms with E-state index in [2.05, 4.69) is 39.9 Å². The molecule has 1 aliphatic carbocycles. The van der Waals surface area contributed by atoms with Gasteiger partial charge >= 0.3 is 0 Å². The molecule has 3 N–H and O–H groups in total. The lowest BCUT2D eigenvalue weighted by Crippen LogP contribution is -2.53. The van der Waals surface area contributed by atoms with E-state index < -0.39 is 0 Å². The van der Waals surface area contributed by atoms with Gasteiger partial charge in [-0.05, 0) is 43.9 Å². The average Bonchev–Trinajstić information content (AvgIpc) is 2.07. The number of nitrogens with one attached hydrogen (secondary N) is 1. The van der Waals surface area contributed by atoms with Crippen LogP contribution in [0.1, 0.15) is 60.3 Å². The van der Waals surface area contributed by atoms with Crippen LogP contribution in [0.5, 0.6) is 0 Å². The largest absolute Gasteiger partial charge is 0.325 e. The lowest BCUT2D eigenvalue weighted by molar-refractivity contribution is 0.110. The molecule has 1 fully saturated rings. The average molecular weight is 226 g/mol. The van der Waals surface area contributed by atoms with E-state index in [9.17, 15) is 0 Å². The fourth-order valence-electron chi connectivity index (χ4n) is 2.20. The van der Waals surface area contributed by atoms with Crippen molar-refractivity contribution in [2.24, 2.45) is 16.6 Å². The van der Waals surface area contributed by atoms with Gasteiger partial charge in [0.1, 0.15) is 0 Å². The van der Waals surface area contributed by atoms with Crippen molar-refractivity contribution in [1.29, 1.82) is 0 Å². The van der Waals surface area contributed by atoms with Gasteiger partial charge in [-0.25, -0.2) is 0 Å². The summed E-state index contributed by atoms with van der Waals surface area (Å²) in [5, 5.41) is 3.65. The maximum Gasteiger partial charge on any atom is 0.0161 e. The third-order valence-electron chi connectivity index (χ3n) is 4.98. The van der Waals surface area contributed by atoms with E-state index in [0.29, 0.717) is 5.41 Å². The van der Waals surface area contributed by atoms with E-state index in [-0.39, 0.29) is 11.0 Å². The second-order valence-corrected chi connectivity index (χ2v) is 6.92. The minimum absolute atomic E-state index is 0.126. The first-order valence-electron chi connectivity index (χ1n) is 6.72. The van der Waals surface area contributed by atoms with Gasteiger partial charge in [0.15, 0.2) is 0 Å². The molecule has 0 radical (unpaired) electrons. The molecule has 1 aliphatic rings. The third kappa shape index (κ3) is 2.98. The van der Waals surface area contributed by atoms with Crippen LogP contribution in [0.2, 0.25) is 0 Å². The van der Waals surface area contributed by atoms with Crippen LogP contribution in [0.3, 0.4) is 0 Å². The molecule has 0 aliphatic heterocycles. The quantitative estimate of drug-likeness (QED) is 0.731. The molecule has 2 nitrogen and oxygen atoms in total. The summed E-state index contributed by atoms with van der Waals surface area (Å²) >= 11 is 0. The van der Waals surface area contributed by atoms with Gasteiger partial charge in [-0.2, -0.15) is 0 Å². The fourth-order valence-corrected chi connectivity index (χ4v) is 2.20. The molecular formula is C14H30N2. The van der Waals surface area contributed by atoms with Crippen LogP contribution in [0.4, 0.5) is 0 Å². The second kappa shape index (κ2) is 4.66. The summed E-state index contributed by atoms with van der Waals surface area (Å²) in [6.07, 6.45) is 5.54. The monoisotopic (exact) mass is 226 g/mol. The first-order chi connectivity index (χ1) is 7.22. The molecule has 0 atom stereocenters. The highest BCUT2D eigenvalue weighted by Crippen LogP contribution is 2.43. The summed E-state index contributed by atoms with van der Waals surface area (Å²) in [6.45, 7) is 13.2. The number of rotatable bonds is 6. The Kier molecular flexibility index (Phi) is 4.07. The minimum Gasteiger partial charge on any atom is -0.325 e. The normalized spacial score (nSPS) is 20.6. The third-order valence-corrected chi connectivity index (χ3v) is 4.98. The van der Waals surface area contributed by atoms with Crippen molar-refractivity contribution in [3.8, 4) is 0 Å². The SMILES string of the molecule is CCC1(CNCC(C)(C)C(C)(C)N)CCC1. The predicted octanol–water partition coefficient (Wildman–Crippen LogP) is 2.92. The zero-order chi connectivity index (χ0) is 12.4. The Labute approximate surface area is 101 Å². The summed E-state index contributed by atoms with van der Waals surface area (Å²) in [6, 6.07) is 0. The van der Waals surface area contributed by atoms with Crippen LogP contribution in [0, 0.1) is 10.8 Å². The Bertz CT molecular complexity index is 216. The van der Waals surface area contributed by atoms with Gasteiger partial charge in [0.2, 0.25) is 0 Å². The molecule has 0 unspecified atom stereocenters. The Morgan fingerprint density at radius 2 is 1.75 bits per heavy atom. The molecule has 0 amide bonds. The van der Waals surface area contributed by atoms with Crippen LogP contribution < -0.4 is 11.1 Å². The van der Waals surface area contributed by atoms with Crippen molar-refractivity contribution >= 4 is 0 Å². The molecule has 2 heteroatoms. The lowest BCUT2D eigenvalue weighted by Gasteiger charge is -2.44. The van der Waals surface area contributed by atoms with Gasteiger partial charge in [0.05, 0.1) is 0 Å². The maximum absolute atomic E-state index is 6.20. The Balaban J connectivity index is 2.35. The van der Waals surface area contributed by atoms with Gasteiger partial charge in [0, 0.05) is 18.6 Å². The zero-order valence-corrected chi connectivity index (χ0v) is 11.8. The Morgan fingerprint density at radius 3 is 2.06 bits per heavy atom. The molecule has 0 bridgehead atoms. The Hall–Kier alpha value is -0.0800. The topological polar surface area (TPSA) is 38.0 Å². The van der Waals surface area contributed by atoms with E-state index >= 15 is 0 Å². The summed E-state index contributed by atoms with van der Waals surface area (Å²) < 4.78 is 0. The predicted molar refractivity (Wildman–Crippen MR) is 71.5 cm³/mol. The number of hydrogen-bond acceptors (Lipinski definition) is 2. The summed E-state index contributed by atoms with van der Waals surface area (Å²) in [7, 11) is 0. The molecule has 0 spiro atoms. The van der Waals surface area contributed by atoms with Crippen LogP contribution in [0.25, 0.3) is 0 Å². The molecule has 96 valence electrons.